The van der Waals surface area contributed by atoms with Crippen molar-refractivity contribution in [3.05, 3.63) is 53.7 Å². The molecule has 0 spiro atoms. The van der Waals surface area contributed by atoms with E-state index in [0.717, 1.165) is 69.1 Å². The molecule has 0 unspecified atom stereocenters. The van der Waals surface area contributed by atoms with Crippen molar-refractivity contribution in [2.45, 2.75) is 39.2 Å². The van der Waals surface area contributed by atoms with Crippen molar-refractivity contribution < 1.29 is 9.90 Å². The predicted octanol–water partition coefficient (Wildman–Crippen LogP) is 3.26. The number of fused-ring (bicyclic) bond motifs is 1. The van der Waals surface area contributed by atoms with Gasteiger partial charge >= 0.3 is 0 Å². The largest absolute Gasteiger partial charge is 0.387 e. The fourth-order valence-corrected chi connectivity index (χ4v) is 4.57. The lowest BCUT2D eigenvalue weighted by molar-refractivity contribution is -0.121. The van der Waals surface area contributed by atoms with Crippen molar-refractivity contribution in [2.24, 2.45) is 5.92 Å². The van der Waals surface area contributed by atoms with E-state index in [1.165, 1.54) is 5.56 Å². The number of anilines is 2. The highest BCUT2D eigenvalue weighted by Crippen LogP contribution is 2.32. The van der Waals surface area contributed by atoms with Gasteiger partial charge in [0, 0.05) is 57.1 Å². The predicted molar refractivity (Wildman–Crippen MR) is 124 cm³/mol. The Morgan fingerprint density at radius 3 is 2.77 bits per heavy atom. The van der Waals surface area contributed by atoms with E-state index >= 15 is 0 Å². The molecule has 0 radical (unpaired) electrons. The minimum Gasteiger partial charge on any atom is -0.387 e. The van der Waals surface area contributed by atoms with E-state index < -0.39 is 6.10 Å². The van der Waals surface area contributed by atoms with Gasteiger partial charge in [-0.2, -0.15) is 0 Å². The Bertz CT molecular complexity index is 888. The number of nitrogens with zero attached hydrogens (tertiary/aromatic N) is 4. The maximum Gasteiger partial charge on any atom is 0.229 e. The molecule has 166 valence electrons. The second-order valence-electron chi connectivity index (χ2n) is 8.78. The Kier molecular flexibility index (Phi) is 6.88. The van der Waals surface area contributed by atoms with Gasteiger partial charge in [-0.15, -0.1) is 0 Å². The molecule has 1 N–H and O–H groups in total. The van der Waals surface area contributed by atoms with Gasteiger partial charge in [0.1, 0.15) is 5.82 Å². The molecule has 2 aliphatic rings. The van der Waals surface area contributed by atoms with E-state index in [4.69, 9.17) is 0 Å². The molecule has 1 aromatic carbocycles. The highest BCUT2D eigenvalue weighted by Gasteiger charge is 2.28. The lowest BCUT2D eigenvalue weighted by Gasteiger charge is -2.25. The number of amides is 1. The van der Waals surface area contributed by atoms with Crippen LogP contribution in [0.5, 0.6) is 0 Å². The fraction of sp³-hybridized carbons (Fsp3) is 0.520. The summed E-state index contributed by atoms with van der Waals surface area (Å²) in [4.78, 5) is 23.7. The Balaban J connectivity index is 1.37. The van der Waals surface area contributed by atoms with Gasteiger partial charge < -0.3 is 14.9 Å². The third-order valence-corrected chi connectivity index (χ3v) is 6.68. The fourth-order valence-electron chi connectivity index (χ4n) is 4.57. The van der Waals surface area contributed by atoms with Gasteiger partial charge in [-0.25, -0.2) is 4.98 Å². The van der Waals surface area contributed by atoms with Crippen LogP contribution < -0.4 is 9.80 Å². The molecule has 1 amide bonds. The number of carbonyl (C=O) groups excluding carboxylic acids is 1. The number of β-amino-alcohol motifs (C(OH)–C–C–N with tert-alkyl or cyclic N) is 1. The van der Waals surface area contributed by atoms with Crippen LogP contribution in [-0.2, 0) is 11.2 Å². The van der Waals surface area contributed by atoms with E-state index in [9.17, 15) is 9.90 Å². The van der Waals surface area contributed by atoms with E-state index in [1.807, 2.05) is 42.3 Å². The Labute approximate surface area is 185 Å². The average molecular weight is 423 g/mol. The van der Waals surface area contributed by atoms with Gasteiger partial charge in [-0.05, 0) is 48.6 Å². The minimum atomic E-state index is -0.522. The standard InChI is InChI=1S/C25H34N4O2/c1-3-19(2)25(31)29-14-10-20-17-21(8-9-22(20)29)23(30)18-27-12-6-13-28(16-15-27)24-7-4-5-11-26-24/h4-5,7-9,11,17,19,23,30H,3,6,10,12-16,18H2,1-2H3/t19-,23-/m1/s1. The molecule has 6 nitrogen and oxygen atoms in total. The van der Waals surface area contributed by atoms with Crippen LogP contribution in [-0.4, -0.2) is 60.2 Å². The number of pyridine rings is 1. The monoisotopic (exact) mass is 422 g/mol. The number of rotatable bonds is 6. The number of aliphatic hydroxyl groups is 1. The second-order valence-corrected chi connectivity index (χ2v) is 8.78. The molecular formula is C25H34N4O2. The van der Waals surface area contributed by atoms with Crippen LogP contribution in [0.25, 0.3) is 0 Å². The third kappa shape index (κ3) is 4.91. The number of carbonyl (C=O) groups is 1. The summed E-state index contributed by atoms with van der Waals surface area (Å²) >= 11 is 0. The van der Waals surface area contributed by atoms with E-state index in [1.54, 1.807) is 0 Å². The van der Waals surface area contributed by atoms with Gasteiger partial charge in [-0.1, -0.05) is 32.0 Å². The van der Waals surface area contributed by atoms with Gasteiger partial charge in [0.05, 0.1) is 6.10 Å². The molecule has 1 aromatic heterocycles. The van der Waals surface area contributed by atoms with Crippen LogP contribution in [0.4, 0.5) is 11.5 Å². The Morgan fingerprint density at radius 2 is 2.00 bits per heavy atom. The molecule has 0 bridgehead atoms. The molecule has 0 saturated carbocycles. The summed E-state index contributed by atoms with van der Waals surface area (Å²) in [5.74, 6) is 1.28. The van der Waals surface area contributed by atoms with Crippen LogP contribution in [0.3, 0.4) is 0 Å². The summed E-state index contributed by atoms with van der Waals surface area (Å²) in [6.07, 6.45) is 4.09. The summed E-state index contributed by atoms with van der Waals surface area (Å²) < 4.78 is 0. The molecule has 4 rings (SSSR count). The number of hydrogen-bond donors (Lipinski definition) is 1. The molecule has 6 heteroatoms. The first kappa shape index (κ1) is 21.8. The van der Waals surface area contributed by atoms with Crippen LogP contribution in [0.1, 0.15) is 43.9 Å². The van der Waals surface area contributed by atoms with Crippen molar-refractivity contribution in [3.63, 3.8) is 0 Å². The zero-order valence-corrected chi connectivity index (χ0v) is 18.7. The molecule has 0 aliphatic carbocycles. The van der Waals surface area contributed by atoms with E-state index in [0.29, 0.717) is 6.54 Å². The Hall–Kier alpha value is -2.44. The summed E-state index contributed by atoms with van der Waals surface area (Å²) in [6, 6.07) is 12.1. The normalized spacial score (nSPS) is 19.1. The molecule has 2 atom stereocenters. The number of benzene rings is 1. The summed E-state index contributed by atoms with van der Waals surface area (Å²) in [5, 5.41) is 10.9. The topological polar surface area (TPSA) is 59.9 Å². The summed E-state index contributed by atoms with van der Waals surface area (Å²) in [5.41, 5.74) is 3.13. The minimum absolute atomic E-state index is 0.0462. The Morgan fingerprint density at radius 1 is 1.13 bits per heavy atom. The third-order valence-electron chi connectivity index (χ3n) is 6.68. The lowest BCUT2D eigenvalue weighted by atomic mass is 10.0. The van der Waals surface area contributed by atoms with Crippen molar-refractivity contribution in [1.82, 2.24) is 9.88 Å². The van der Waals surface area contributed by atoms with Crippen LogP contribution in [0, 0.1) is 5.92 Å². The first-order valence-corrected chi connectivity index (χ1v) is 11.6. The van der Waals surface area contributed by atoms with Gasteiger partial charge in [0.25, 0.3) is 0 Å². The number of aromatic nitrogens is 1. The van der Waals surface area contributed by atoms with Gasteiger partial charge in [-0.3, -0.25) is 9.69 Å². The molecule has 3 heterocycles. The van der Waals surface area contributed by atoms with Crippen molar-refractivity contribution >= 4 is 17.4 Å². The maximum absolute atomic E-state index is 12.6. The molecule has 1 fully saturated rings. The van der Waals surface area contributed by atoms with Gasteiger partial charge in [0.15, 0.2) is 0 Å². The zero-order valence-electron chi connectivity index (χ0n) is 18.7. The van der Waals surface area contributed by atoms with E-state index in [-0.39, 0.29) is 11.8 Å². The quantitative estimate of drug-likeness (QED) is 0.774. The molecule has 31 heavy (non-hydrogen) atoms. The molecule has 1 saturated heterocycles. The van der Waals surface area contributed by atoms with Crippen molar-refractivity contribution in [1.29, 1.82) is 0 Å². The average Bonchev–Trinajstić information content (AvgIpc) is 3.09. The van der Waals surface area contributed by atoms with Crippen LogP contribution >= 0.6 is 0 Å². The highest BCUT2D eigenvalue weighted by atomic mass is 16.3. The first-order valence-electron chi connectivity index (χ1n) is 11.6. The smallest absolute Gasteiger partial charge is 0.229 e. The number of aliphatic hydroxyl groups excluding tert-OH is 1. The summed E-state index contributed by atoms with van der Waals surface area (Å²) in [6.45, 7) is 9.21. The first-order chi connectivity index (χ1) is 15.1. The zero-order chi connectivity index (χ0) is 21.8. The maximum atomic E-state index is 12.6. The van der Waals surface area contributed by atoms with Gasteiger partial charge in [0.2, 0.25) is 5.91 Å². The lowest BCUT2D eigenvalue weighted by Crippen LogP contribution is -2.34. The molecule has 2 aliphatic heterocycles. The SMILES string of the molecule is CC[C@@H](C)C(=O)N1CCc2cc([C@H](O)CN3CCCN(c4ccccn4)CC3)ccc21. The van der Waals surface area contributed by atoms with E-state index in [2.05, 4.69) is 33.8 Å². The highest BCUT2D eigenvalue weighted by molar-refractivity contribution is 5.96. The van der Waals surface area contributed by atoms with Crippen LogP contribution in [0.2, 0.25) is 0 Å². The molecule has 2 aromatic rings. The van der Waals surface area contributed by atoms with Crippen molar-refractivity contribution in [3.8, 4) is 0 Å². The molecular weight excluding hydrogens is 388 g/mol. The number of hydrogen-bond acceptors (Lipinski definition) is 5. The second kappa shape index (κ2) is 9.79. The van der Waals surface area contributed by atoms with Crippen molar-refractivity contribution in [2.75, 3.05) is 49.1 Å². The summed E-state index contributed by atoms with van der Waals surface area (Å²) in [7, 11) is 0. The van der Waals surface area contributed by atoms with Crippen LogP contribution in [0.15, 0.2) is 42.6 Å².